The van der Waals surface area contributed by atoms with Crippen LogP contribution < -0.4 is 0 Å². The zero-order chi connectivity index (χ0) is 15.8. The number of Topliss-reactive ketones (excluding diaryl/α,β-unsaturated/α-hetero) is 1. The molecule has 0 radical (unpaired) electrons. The van der Waals surface area contributed by atoms with Crippen molar-refractivity contribution in [3.05, 3.63) is 34.6 Å². The van der Waals surface area contributed by atoms with Crippen molar-refractivity contribution in [3.63, 3.8) is 0 Å². The number of hydrogen-bond donors (Lipinski definition) is 0. The van der Waals surface area contributed by atoms with Crippen molar-refractivity contribution in [2.24, 2.45) is 17.3 Å². The number of hydrogen-bond acceptors (Lipinski definition) is 1. The third-order valence-corrected chi connectivity index (χ3v) is 5.04. The third kappa shape index (κ3) is 3.53. The maximum absolute atomic E-state index is 13.7. The summed E-state index contributed by atoms with van der Waals surface area (Å²) >= 11 is 0. The highest BCUT2D eigenvalue weighted by molar-refractivity contribution is 5.98. The first-order valence-electron chi connectivity index (χ1n) is 8.01. The number of rotatable bonds is 2. The van der Waals surface area contributed by atoms with Crippen LogP contribution in [0.4, 0.5) is 4.39 Å². The van der Waals surface area contributed by atoms with Gasteiger partial charge in [0, 0.05) is 11.5 Å². The second-order valence-corrected chi connectivity index (χ2v) is 7.70. The minimum atomic E-state index is -0.192. The van der Waals surface area contributed by atoms with Crippen LogP contribution >= 0.6 is 0 Å². The molecule has 116 valence electrons. The van der Waals surface area contributed by atoms with Gasteiger partial charge in [-0.05, 0) is 74.1 Å². The standard InChI is InChI=1S/C19H27FO/c1-12-10-15(11-13(2)17(12)20)18(21)14-6-8-16(9-7-14)19(3,4)5/h10-11,14,16H,6-9H2,1-5H3. The van der Waals surface area contributed by atoms with Gasteiger partial charge in [-0.2, -0.15) is 0 Å². The summed E-state index contributed by atoms with van der Waals surface area (Å²) in [7, 11) is 0. The zero-order valence-corrected chi connectivity index (χ0v) is 13.9. The lowest BCUT2D eigenvalue weighted by Gasteiger charge is -2.36. The smallest absolute Gasteiger partial charge is 0.165 e. The molecule has 0 N–H and O–H groups in total. The Labute approximate surface area is 127 Å². The Kier molecular flexibility index (Phi) is 4.55. The summed E-state index contributed by atoms with van der Waals surface area (Å²) in [4.78, 5) is 12.6. The first-order chi connectivity index (χ1) is 9.70. The van der Waals surface area contributed by atoms with Crippen molar-refractivity contribution >= 4 is 5.78 Å². The van der Waals surface area contributed by atoms with Gasteiger partial charge in [0.2, 0.25) is 0 Å². The average Bonchev–Trinajstić information content (AvgIpc) is 2.42. The van der Waals surface area contributed by atoms with Gasteiger partial charge >= 0.3 is 0 Å². The zero-order valence-electron chi connectivity index (χ0n) is 13.9. The predicted octanol–water partition coefficient (Wildman–Crippen LogP) is 5.48. The van der Waals surface area contributed by atoms with Crippen molar-refractivity contribution in [2.45, 2.75) is 60.3 Å². The quantitative estimate of drug-likeness (QED) is 0.659. The van der Waals surface area contributed by atoms with Crippen molar-refractivity contribution in [1.82, 2.24) is 0 Å². The molecule has 1 fully saturated rings. The second-order valence-electron chi connectivity index (χ2n) is 7.70. The van der Waals surface area contributed by atoms with Gasteiger partial charge in [0.25, 0.3) is 0 Å². The molecule has 21 heavy (non-hydrogen) atoms. The van der Waals surface area contributed by atoms with Crippen LogP contribution in [0.25, 0.3) is 0 Å². The van der Waals surface area contributed by atoms with Crippen LogP contribution in [0.1, 0.15) is 67.9 Å². The predicted molar refractivity (Wildman–Crippen MR) is 85.1 cm³/mol. The fourth-order valence-corrected chi connectivity index (χ4v) is 3.55. The second kappa shape index (κ2) is 5.90. The highest BCUT2D eigenvalue weighted by Gasteiger charge is 2.32. The summed E-state index contributed by atoms with van der Waals surface area (Å²) in [5.41, 5.74) is 2.16. The number of aryl methyl sites for hydroxylation is 2. The Hall–Kier alpha value is -1.18. The van der Waals surface area contributed by atoms with Gasteiger partial charge in [-0.1, -0.05) is 20.8 Å². The molecule has 2 heteroatoms. The molecular formula is C19H27FO. The van der Waals surface area contributed by atoms with Crippen molar-refractivity contribution < 1.29 is 9.18 Å². The lowest BCUT2D eigenvalue weighted by atomic mass is 9.68. The van der Waals surface area contributed by atoms with E-state index in [1.807, 2.05) is 0 Å². The van der Waals surface area contributed by atoms with E-state index in [1.165, 1.54) is 0 Å². The molecule has 0 saturated heterocycles. The molecule has 2 rings (SSSR count). The molecule has 0 aliphatic heterocycles. The summed E-state index contributed by atoms with van der Waals surface area (Å²) in [6.07, 6.45) is 4.19. The van der Waals surface area contributed by atoms with Gasteiger partial charge in [-0.15, -0.1) is 0 Å². The molecule has 0 atom stereocenters. The highest BCUT2D eigenvalue weighted by atomic mass is 19.1. The van der Waals surface area contributed by atoms with E-state index in [0.29, 0.717) is 28.0 Å². The lowest BCUT2D eigenvalue weighted by Crippen LogP contribution is -2.29. The summed E-state index contributed by atoms with van der Waals surface area (Å²) in [6, 6.07) is 3.42. The number of benzene rings is 1. The normalized spacial score (nSPS) is 23.1. The summed E-state index contributed by atoms with van der Waals surface area (Å²) < 4.78 is 13.7. The Balaban J connectivity index is 2.09. The first kappa shape index (κ1) is 16.2. The summed E-state index contributed by atoms with van der Waals surface area (Å²) in [6.45, 7) is 10.3. The van der Waals surface area contributed by atoms with Crippen LogP contribution in [0.3, 0.4) is 0 Å². The van der Waals surface area contributed by atoms with Gasteiger partial charge in [-0.25, -0.2) is 4.39 Å². The summed E-state index contributed by atoms with van der Waals surface area (Å²) in [5, 5.41) is 0. The molecule has 1 aliphatic carbocycles. The van der Waals surface area contributed by atoms with E-state index < -0.39 is 0 Å². The molecule has 1 aromatic rings. The maximum atomic E-state index is 13.7. The molecule has 0 bridgehead atoms. The Morgan fingerprint density at radius 1 is 1.05 bits per heavy atom. The molecule has 1 aliphatic rings. The molecule has 0 amide bonds. The largest absolute Gasteiger partial charge is 0.294 e. The van der Waals surface area contributed by atoms with Gasteiger partial charge < -0.3 is 0 Å². The van der Waals surface area contributed by atoms with Crippen LogP contribution in [0.2, 0.25) is 0 Å². The van der Waals surface area contributed by atoms with Crippen LogP contribution in [0.5, 0.6) is 0 Å². The Morgan fingerprint density at radius 2 is 1.52 bits per heavy atom. The molecule has 0 unspecified atom stereocenters. The molecule has 0 aromatic heterocycles. The molecular weight excluding hydrogens is 263 g/mol. The van der Waals surface area contributed by atoms with Gasteiger partial charge in [-0.3, -0.25) is 4.79 Å². The van der Waals surface area contributed by atoms with Crippen molar-refractivity contribution in [1.29, 1.82) is 0 Å². The van der Waals surface area contributed by atoms with E-state index in [9.17, 15) is 9.18 Å². The lowest BCUT2D eigenvalue weighted by molar-refractivity contribution is 0.0819. The van der Waals surface area contributed by atoms with Crippen LogP contribution in [0.15, 0.2) is 12.1 Å². The Bertz CT molecular complexity index is 508. The van der Waals surface area contributed by atoms with Crippen molar-refractivity contribution in [3.8, 4) is 0 Å². The molecule has 1 saturated carbocycles. The van der Waals surface area contributed by atoms with E-state index in [0.717, 1.165) is 25.7 Å². The SMILES string of the molecule is Cc1cc(C(=O)C2CCC(C(C)(C)C)CC2)cc(C)c1F. The molecule has 0 heterocycles. The minimum absolute atomic E-state index is 0.118. The van der Waals surface area contributed by atoms with Gasteiger partial charge in [0.05, 0.1) is 0 Å². The number of carbonyl (C=O) groups is 1. The fourth-order valence-electron chi connectivity index (χ4n) is 3.55. The minimum Gasteiger partial charge on any atom is -0.294 e. The van der Waals surface area contributed by atoms with Gasteiger partial charge in [0.15, 0.2) is 5.78 Å². The van der Waals surface area contributed by atoms with E-state index in [1.54, 1.807) is 26.0 Å². The Morgan fingerprint density at radius 3 is 1.95 bits per heavy atom. The number of halogens is 1. The maximum Gasteiger partial charge on any atom is 0.165 e. The molecule has 1 nitrogen and oxygen atoms in total. The van der Waals surface area contributed by atoms with E-state index in [4.69, 9.17) is 0 Å². The van der Waals surface area contributed by atoms with E-state index in [2.05, 4.69) is 20.8 Å². The van der Waals surface area contributed by atoms with Crippen molar-refractivity contribution in [2.75, 3.05) is 0 Å². The van der Waals surface area contributed by atoms with E-state index in [-0.39, 0.29) is 17.5 Å². The topological polar surface area (TPSA) is 17.1 Å². The van der Waals surface area contributed by atoms with Gasteiger partial charge in [0.1, 0.15) is 5.82 Å². The van der Waals surface area contributed by atoms with E-state index >= 15 is 0 Å². The highest BCUT2D eigenvalue weighted by Crippen LogP contribution is 2.40. The molecule has 0 spiro atoms. The van der Waals surface area contributed by atoms with Crippen LogP contribution in [-0.2, 0) is 0 Å². The monoisotopic (exact) mass is 290 g/mol. The summed E-state index contributed by atoms with van der Waals surface area (Å²) in [5.74, 6) is 0.836. The third-order valence-electron chi connectivity index (χ3n) is 5.04. The first-order valence-corrected chi connectivity index (χ1v) is 8.01. The van der Waals surface area contributed by atoms with Crippen LogP contribution in [0, 0.1) is 36.9 Å². The fraction of sp³-hybridized carbons (Fsp3) is 0.632. The number of ketones is 1. The average molecular weight is 290 g/mol. The van der Waals surface area contributed by atoms with Crippen LogP contribution in [-0.4, -0.2) is 5.78 Å². The molecule has 1 aromatic carbocycles. The number of carbonyl (C=O) groups excluding carboxylic acids is 1.